The van der Waals surface area contributed by atoms with Crippen LogP contribution in [0.3, 0.4) is 0 Å². The molecule has 4 nitrogen and oxygen atoms in total. The zero-order chi connectivity index (χ0) is 14.8. The smallest absolute Gasteiger partial charge is 0.271 e. The number of sulfonamides is 1. The second-order valence-electron chi connectivity index (χ2n) is 4.33. The molecule has 0 amide bonds. The van der Waals surface area contributed by atoms with Crippen LogP contribution in [0.5, 0.6) is 5.75 Å². The number of para-hydroxylation sites is 2. The molecule has 1 heterocycles. The Balaban J connectivity index is 2.30. The SMILES string of the molecule is CC(C)Oc1ccccc1NS(=O)(=O)c1ccc(Br)s1. The van der Waals surface area contributed by atoms with Crippen molar-refractivity contribution in [2.24, 2.45) is 0 Å². The average Bonchev–Trinajstić information content (AvgIpc) is 2.78. The topological polar surface area (TPSA) is 55.4 Å². The summed E-state index contributed by atoms with van der Waals surface area (Å²) in [6.07, 6.45) is -0.0310. The summed E-state index contributed by atoms with van der Waals surface area (Å²) in [5, 5.41) is 0. The van der Waals surface area contributed by atoms with Gasteiger partial charge in [0.05, 0.1) is 15.6 Å². The molecule has 0 aliphatic rings. The third kappa shape index (κ3) is 3.74. The van der Waals surface area contributed by atoms with Gasteiger partial charge in [0, 0.05) is 0 Å². The molecule has 0 aliphatic carbocycles. The van der Waals surface area contributed by atoms with Gasteiger partial charge in [0.15, 0.2) is 0 Å². The van der Waals surface area contributed by atoms with Crippen LogP contribution in [0.1, 0.15) is 13.8 Å². The number of rotatable bonds is 5. The maximum atomic E-state index is 12.3. The first-order valence-electron chi connectivity index (χ1n) is 5.92. The van der Waals surface area contributed by atoms with Gasteiger partial charge < -0.3 is 4.74 Å². The highest BCUT2D eigenvalue weighted by Crippen LogP contribution is 2.31. The van der Waals surface area contributed by atoms with Gasteiger partial charge in [-0.25, -0.2) is 8.42 Å². The zero-order valence-electron chi connectivity index (χ0n) is 11.0. The van der Waals surface area contributed by atoms with Crippen molar-refractivity contribution in [1.82, 2.24) is 0 Å². The van der Waals surface area contributed by atoms with E-state index >= 15 is 0 Å². The first-order valence-corrected chi connectivity index (χ1v) is 9.01. The van der Waals surface area contributed by atoms with Crippen molar-refractivity contribution in [2.45, 2.75) is 24.2 Å². The summed E-state index contributed by atoms with van der Waals surface area (Å²) in [5.74, 6) is 0.515. The fraction of sp³-hybridized carbons (Fsp3) is 0.231. The lowest BCUT2D eigenvalue weighted by Crippen LogP contribution is -2.14. The molecule has 0 spiro atoms. The molecule has 0 atom stereocenters. The standard InChI is InChI=1S/C13H14BrNO3S2/c1-9(2)18-11-6-4-3-5-10(11)15-20(16,17)13-8-7-12(14)19-13/h3-9,15H,1-2H3. The molecule has 1 aromatic carbocycles. The fourth-order valence-electron chi connectivity index (χ4n) is 1.54. The van der Waals surface area contributed by atoms with Gasteiger partial charge in [-0.05, 0) is 54.0 Å². The van der Waals surface area contributed by atoms with Crippen molar-refractivity contribution < 1.29 is 13.2 Å². The average molecular weight is 376 g/mol. The Bertz CT molecular complexity index is 695. The monoisotopic (exact) mass is 375 g/mol. The zero-order valence-corrected chi connectivity index (χ0v) is 14.2. The maximum absolute atomic E-state index is 12.3. The van der Waals surface area contributed by atoms with Gasteiger partial charge in [-0.1, -0.05) is 12.1 Å². The van der Waals surface area contributed by atoms with Crippen molar-refractivity contribution in [1.29, 1.82) is 0 Å². The largest absolute Gasteiger partial charge is 0.489 e. The Morgan fingerprint density at radius 2 is 1.90 bits per heavy atom. The minimum Gasteiger partial charge on any atom is -0.489 e. The number of benzene rings is 1. The van der Waals surface area contributed by atoms with E-state index in [0.717, 1.165) is 15.1 Å². The summed E-state index contributed by atoms with van der Waals surface area (Å²) in [6.45, 7) is 3.78. The Kier molecular flexibility index (Phi) is 4.72. The van der Waals surface area contributed by atoms with Crippen molar-refractivity contribution in [3.05, 3.63) is 40.2 Å². The highest BCUT2D eigenvalue weighted by Gasteiger charge is 2.18. The van der Waals surface area contributed by atoms with Crippen LogP contribution in [-0.2, 0) is 10.0 Å². The van der Waals surface area contributed by atoms with E-state index in [-0.39, 0.29) is 10.3 Å². The number of hydrogen-bond donors (Lipinski definition) is 1. The van der Waals surface area contributed by atoms with Crippen molar-refractivity contribution >= 4 is 43.0 Å². The van der Waals surface area contributed by atoms with E-state index in [1.165, 1.54) is 0 Å². The normalized spacial score (nSPS) is 11.6. The second-order valence-corrected chi connectivity index (χ2v) is 8.70. The second kappa shape index (κ2) is 6.15. The Labute approximate surface area is 131 Å². The van der Waals surface area contributed by atoms with Crippen LogP contribution in [0, 0.1) is 0 Å². The van der Waals surface area contributed by atoms with E-state index in [2.05, 4.69) is 20.7 Å². The predicted molar refractivity (Wildman–Crippen MR) is 85.0 cm³/mol. The Hall–Kier alpha value is -1.05. The lowest BCUT2D eigenvalue weighted by atomic mass is 10.3. The molecular weight excluding hydrogens is 362 g/mol. The Morgan fingerprint density at radius 1 is 1.20 bits per heavy atom. The summed E-state index contributed by atoms with van der Waals surface area (Å²) < 4.78 is 33.7. The van der Waals surface area contributed by atoms with E-state index in [1.807, 2.05) is 13.8 Å². The van der Waals surface area contributed by atoms with Crippen molar-refractivity contribution in [3.63, 3.8) is 0 Å². The first-order chi connectivity index (χ1) is 9.38. The summed E-state index contributed by atoms with van der Waals surface area (Å²) in [6, 6.07) is 10.2. The van der Waals surface area contributed by atoms with Gasteiger partial charge in [0.2, 0.25) is 0 Å². The van der Waals surface area contributed by atoms with E-state index in [1.54, 1.807) is 36.4 Å². The highest BCUT2D eigenvalue weighted by molar-refractivity contribution is 9.11. The summed E-state index contributed by atoms with van der Waals surface area (Å²) in [5.41, 5.74) is 0.436. The molecule has 0 radical (unpaired) electrons. The molecule has 0 saturated heterocycles. The van der Waals surface area contributed by atoms with Gasteiger partial charge in [-0.3, -0.25) is 4.72 Å². The first kappa shape index (κ1) is 15.3. The van der Waals surface area contributed by atoms with Crippen LogP contribution in [0.4, 0.5) is 5.69 Å². The number of halogens is 1. The van der Waals surface area contributed by atoms with Crippen LogP contribution in [0.25, 0.3) is 0 Å². The molecule has 2 aromatic rings. The number of nitrogens with one attached hydrogen (secondary N) is 1. The molecule has 0 bridgehead atoms. The van der Waals surface area contributed by atoms with Gasteiger partial charge >= 0.3 is 0 Å². The van der Waals surface area contributed by atoms with Gasteiger partial charge in [0.1, 0.15) is 9.96 Å². The Morgan fingerprint density at radius 3 is 2.50 bits per heavy atom. The lowest BCUT2D eigenvalue weighted by molar-refractivity contribution is 0.244. The number of hydrogen-bond acceptors (Lipinski definition) is 4. The van der Waals surface area contributed by atoms with Crippen molar-refractivity contribution in [2.75, 3.05) is 4.72 Å². The molecule has 7 heteroatoms. The summed E-state index contributed by atoms with van der Waals surface area (Å²) in [7, 11) is -3.59. The quantitative estimate of drug-likeness (QED) is 0.855. The maximum Gasteiger partial charge on any atom is 0.271 e. The van der Waals surface area contributed by atoms with Crippen LogP contribution >= 0.6 is 27.3 Å². The fourth-order valence-corrected chi connectivity index (χ4v) is 4.63. The number of ether oxygens (including phenoxy) is 1. The van der Waals surface area contributed by atoms with Gasteiger partial charge in [-0.2, -0.15) is 0 Å². The van der Waals surface area contributed by atoms with Crippen LogP contribution in [-0.4, -0.2) is 14.5 Å². The molecule has 0 unspecified atom stereocenters. The van der Waals surface area contributed by atoms with Crippen LogP contribution in [0.2, 0.25) is 0 Å². The molecular formula is C13H14BrNO3S2. The minimum atomic E-state index is -3.59. The predicted octanol–water partition coefficient (Wildman–Crippen LogP) is 4.10. The highest BCUT2D eigenvalue weighted by atomic mass is 79.9. The van der Waals surface area contributed by atoms with E-state index < -0.39 is 10.0 Å². The van der Waals surface area contributed by atoms with Crippen molar-refractivity contribution in [3.8, 4) is 5.75 Å². The number of thiophene rings is 1. The molecule has 20 heavy (non-hydrogen) atoms. The van der Waals surface area contributed by atoms with Gasteiger partial charge in [0.25, 0.3) is 10.0 Å². The lowest BCUT2D eigenvalue weighted by Gasteiger charge is -2.15. The molecule has 1 N–H and O–H groups in total. The van der Waals surface area contributed by atoms with Crippen LogP contribution < -0.4 is 9.46 Å². The number of anilines is 1. The molecule has 0 fully saturated rings. The summed E-state index contributed by atoms with van der Waals surface area (Å²) in [4.78, 5) is 0. The molecule has 0 saturated carbocycles. The molecule has 2 rings (SSSR count). The van der Waals surface area contributed by atoms with Crippen LogP contribution in [0.15, 0.2) is 44.4 Å². The van der Waals surface area contributed by atoms with E-state index in [4.69, 9.17) is 4.74 Å². The minimum absolute atomic E-state index is 0.0310. The third-order valence-corrected chi connectivity index (χ3v) is 5.79. The van der Waals surface area contributed by atoms with Gasteiger partial charge in [-0.15, -0.1) is 11.3 Å². The molecule has 108 valence electrons. The molecule has 0 aliphatic heterocycles. The third-order valence-electron chi connectivity index (χ3n) is 2.31. The van der Waals surface area contributed by atoms with E-state index in [9.17, 15) is 8.42 Å². The molecule has 1 aromatic heterocycles. The summed E-state index contributed by atoms with van der Waals surface area (Å²) >= 11 is 4.42. The van der Waals surface area contributed by atoms with E-state index in [0.29, 0.717) is 11.4 Å².